The number of nitrogens with zero attached hydrogens (tertiary/aromatic N) is 1. The molecule has 18 heavy (non-hydrogen) atoms. The summed E-state index contributed by atoms with van der Waals surface area (Å²) in [5.41, 5.74) is 5.36. The highest BCUT2D eigenvalue weighted by Gasteiger charge is 2.21. The van der Waals surface area contributed by atoms with Gasteiger partial charge in [0, 0.05) is 18.9 Å². The summed E-state index contributed by atoms with van der Waals surface area (Å²) in [5.74, 6) is 0. The van der Waals surface area contributed by atoms with Gasteiger partial charge in [-0.05, 0) is 36.9 Å². The van der Waals surface area contributed by atoms with Crippen LogP contribution in [0.3, 0.4) is 0 Å². The Hall–Kier alpha value is -0.980. The lowest BCUT2D eigenvalue weighted by Gasteiger charge is -2.24. The predicted molar refractivity (Wildman–Crippen MR) is 71.5 cm³/mol. The minimum Gasteiger partial charge on any atom is -0.330 e. The molecule has 5 nitrogen and oxygen atoms in total. The van der Waals surface area contributed by atoms with Gasteiger partial charge in [-0.1, -0.05) is 13.8 Å². The molecule has 0 spiro atoms. The van der Waals surface area contributed by atoms with Gasteiger partial charge in [0.2, 0.25) is 10.0 Å². The summed E-state index contributed by atoms with van der Waals surface area (Å²) in [4.78, 5) is 4.00. The van der Waals surface area contributed by atoms with Gasteiger partial charge in [0.1, 0.15) is 4.90 Å². The van der Waals surface area contributed by atoms with Crippen molar-refractivity contribution < 1.29 is 8.42 Å². The minimum absolute atomic E-state index is 0.103. The van der Waals surface area contributed by atoms with E-state index in [0.717, 1.165) is 12.8 Å². The normalized spacial score (nSPS) is 12.6. The highest BCUT2D eigenvalue weighted by molar-refractivity contribution is 7.89. The quantitative estimate of drug-likeness (QED) is 0.778. The lowest BCUT2D eigenvalue weighted by atomic mass is 9.88. The van der Waals surface area contributed by atoms with E-state index in [2.05, 4.69) is 9.71 Å². The smallest absolute Gasteiger partial charge is 0.242 e. The molecule has 3 N–H and O–H groups in total. The molecule has 0 fully saturated rings. The maximum absolute atomic E-state index is 12.0. The number of rotatable bonds is 7. The molecule has 6 heteroatoms. The summed E-state index contributed by atoms with van der Waals surface area (Å²) in [7, 11) is -3.46. The largest absolute Gasteiger partial charge is 0.330 e. The Bertz CT molecular complexity index is 457. The number of aromatic nitrogens is 1. The molecule has 0 amide bonds. The number of sulfonamides is 1. The molecule has 1 heterocycles. The predicted octanol–water partition coefficient (Wildman–Crippen LogP) is 1.12. The van der Waals surface area contributed by atoms with Crippen LogP contribution in [0.15, 0.2) is 29.4 Å². The Morgan fingerprint density at radius 1 is 1.44 bits per heavy atom. The number of nitrogens with one attached hydrogen (secondary N) is 1. The average molecular weight is 271 g/mol. The van der Waals surface area contributed by atoms with Gasteiger partial charge in [0.05, 0.1) is 0 Å². The molecule has 0 aliphatic carbocycles. The summed E-state index contributed by atoms with van der Waals surface area (Å²) in [6.07, 6.45) is 4.67. The second-order valence-corrected chi connectivity index (χ2v) is 6.84. The van der Waals surface area contributed by atoms with Gasteiger partial charge in [0.25, 0.3) is 0 Å². The number of hydrogen-bond donors (Lipinski definition) is 2. The van der Waals surface area contributed by atoms with E-state index in [1.807, 2.05) is 13.8 Å². The van der Waals surface area contributed by atoms with E-state index in [0.29, 0.717) is 13.1 Å². The molecular weight excluding hydrogens is 250 g/mol. The Balaban J connectivity index is 2.63. The third-order valence-electron chi connectivity index (χ3n) is 2.74. The number of pyridine rings is 1. The van der Waals surface area contributed by atoms with Crippen LogP contribution in [0.25, 0.3) is 0 Å². The first-order valence-electron chi connectivity index (χ1n) is 5.97. The molecule has 0 aliphatic rings. The van der Waals surface area contributed by atoms with Gasteiger partial charge in [-0.3, -0.25) is 4.98 Å². The molecule has 0 unspecified atom stereocenters. The van der Waals surface area contributed by atoms with Crippen LogP contribution in [-0.4, -0.2) is 26.5 Å². The zero-order valence-electron chi connectivity index (χ0n) is 10.9. The molecule has 0 aliphatic heterocycles. The van der Waals surface area contributed by atoms with E-state index in [1.165, 1.54) is 12.3 Å². The lowest BCUT2D eigenvalue weighted by molar-refractivity contribution is 0.327. The van der Waals surface area contributed by atoms with Crippen molar-refractivity contribution in [1.29, 1.82) is 0 Å². The van der Waals surface area contributed by atoms with E-state index in [9.17, 15) is 8.42 Å². The van der Waals surface area contributed by atoms with Gasteiger partial charge in [0.15, 0.2) is 0 Å². The summed E-state index contributed by atoms with van der Waals surface area (Å²) in [5, 5.41) is 0. The van der Waals surface area contributed by atoms with Crippen LogP contribution < -0.4 is 10.5 Å². The molecule has 0 radical (unpaired) electrons. The van der Waals surface area contributed by atoms with Crippen molar-refractivity contribution in [1.82, 2.24) is 9.71 Å². The van der Waals surface area contributed by atoms with Crippen molar-refractivity contribution >= 4 is 10.0 Å². The zero-order valence-corrected chi connectivity index (χ0v) is 11.7. The van der Waals surface area contributed by atoms with Crippen LogP contribution in [-0.2, 0) is 10.0 Å². The van der Waals surface area contributed by atoms with Crippen LogP contribution in [0.5, 0.6) is 0 Å². The molecule has 102 valence electrons. The monoisotopic (exact) mass is 271 g/mol. The molecular formula is C12H21N3O2S. The standard InChI is InChI=1S/C12H21N3O2S/c1-12(2,6-4-7-13)10-15-18(16,17)11-5-3-8-14-9-11/h3,5,8-9,15H,4,6-7,10,13H2,1-2H3. The fraction of sp³-hybridized carbons (Fsp3) is 0.583. The summed E-state index contributed by atoms with van der Waals surface area (Å²) < 4.78 is 26.6. The van der Waals surface area contributed by atoms with E-state index in [-0.39, 0.29) is 10.3 Å². The third-order valence-corrected chi connectivity index (χ3v) is 4.13. The van der Waals surface area contributed by atoms with Crippen LogP contribution in [0, 0.1) is 5.41 Å². The van der Waals surface area contributed by atoms with E-state index in [1.54, 1.807) is 12.3 Å². The number of hydrogen-bond acceptors (Lipinski definition) is 4. The highest BCUT2D eigenvalue weighted by Crippen LogP contribution is 2.21. The fourth-order valence-electron chi connectivity index (χ4n) is 1.55. The summed E-state index contributed by atoms with van der Waals surface area (Å²) in [6.45, 7) is 5.06. The Morgan fingerprint density at radius 2 is 2.17 bits per heavy atom. The van der Waals surface area contributed by atoms with Gasteiger partial charge in [-0.25, -0.2) is 13.1 Å². The van der Waals surface area contributed by atoms with E-state index < -0.39 is 10.0 Å². The Labute approximate surface area is 109 Å². The van der Waals surface area contributed by atoms with Gasteiger partial charge in [-0.15, -0.1) is 0 Å². The van der Waals surface area contributed by atoms with Crippen molar-refractivity contribution in [3.63, 3.8) is 0 Å². The molecule has 0 saturated carbocycles. The van der Waals surface area contributed by atoms with Gasteiger partial charge < -0.3 is 5.73 Å². The zero-order chi connectivity index (χ0) is 13.6. The van der Waals surface area contributed by atoms with Crippen LogP contribution >= 0.6 is 0 Å². The van der Waals surface area contributed by atoms with Crippen LogP contribution in [0.2, 0.25) is 0 Å². The summed E-state index contributed by atoms with van der Waals surface area (Å²) in [6, 6.07) is 3.14. The molecule has 1 rings (SSSR count). The van der Waals surface area contributed by atoms with Crippen LogP contribution in [0.1, 0.15) is 26.7 Å². The minimum atomic E-state index is -3.46. The molecule has 0 bridgehead atoms. The number of nitrogens with two attached hydrogens (primary N) is 1. The first kappa shape index (κ1) is 15.1. The van der Waals surface area contributed by atoms with Gasteiger partial charge >= 0.3 is 0 Å². The van der Waals surface area contributed by atoms with E-state index >= 15 is 0 Å². The Kier molecular flexibility index (Phi) is 5.25. The third kappa shape index (κ3) is 4.72. The van der Waals surface area contributed by atoms with Crippen molar-refractivity contribution in [2.75, 3.05) is 13.1 Å². The first-order chi connectivity index (χ1) is 8.37. The molecule has 0 aromatic carbocycles. The second-order valence-electron chi connectivity index (χ2n) is 5.07. The van der Waals surface area contributed by atoms with Crippen molar-refractivity contribution in [2.24, 2.45) is 11.1 Å². The molecule has 0 atom stereocenters. The SMILES string of the molecule is CC(C)(CCCN)CNS(=O)(=O)c1cccnc1. The topological polar surface area (TPSA) is 85.1 Å². The first-order valence-corrected chi connectivity index (χ1v) is 7.45. The average Bonchev–Trinajstić information content (AvgIpc) is 2.36. The van der Waals surface area contributed by atoms with Crippen molar-refractivity contribution in [3.8, 4) is 0 Å². The second kappa shape index (κ2) is 6.26. The lowest BCUT2D eigenvalue weighted by Crippen LogP contribution is -2.34. The Morgan fingerprint density at radius 3 is 2.72 bits per heavy atom. The fourth-order valence-corrected chi connectivity index (χ4v) is 2.75. The molecule has 0 saturated heterocycles. The maximum Gasteiger partial charge on any atom is 0.242 e. The summed E-state index contributed by atoms with van der Waals surface area (Å²) >= 11 is 0. The van der Waals surface area contributed by atoms with E-state index in [4.69, 9.17) is 5.73 Å². The maximum atomic E-state index is 12.0. The molecule has 1 aromatic rings. The highest BCUT2D eigenvalue weighted by atomic mass is 32.2. The van der Waals surface area contributed by atoms with Crippen molar-refractivity contribution in [3.05, 3.63) is 24.5 Å². The van der Waals surface area contributed by atoms with Crippen LogP contribution in [0.4, 0.5) is 0 Å². The van der Waals surface area contributed by atoms with Gasteiger partial charge in [-0.2, -0.15) is 0 Å². The molecule has 1 aromatic heterocycles. The van der Waals surface area contributed by atoms with Crippen molar-refractivity contribution in [2.45, 2.75) is 31.6 Å².